The van der Waals surface area contributed by atoms with Crippen LogP contribution < -0.4 is 10.6 Å². The third-order valence-corrected chi connectivity index (χ3v) is 8.99. The predicted molar refractivity (Wildman–Crippen MR) is 192 cm³/mol. The smallest absolute Gasteiger partial charge is 0.338 e. The van der Waals surface area contributed by atoms with E-state index in [1.807, 2.05) is 30.3 Å². The van der Waals surface area contributed by atoms with Gasteiger partial charge >= 0.3 is 12.0 Å². The highest BCUT2D eigenvalue weighted by Gasteiger charge is 2.36. The van der Waals surface area contributed by atoms with Gasteiger partial charge in [-0.05, 0) is 62.8 Å². The number of amides is 4. The number of rotatable bonds is 21. The molecule has 1 heterocycles. The minimum atomic E-state index is -0.857. The standard InChI is InChI=1S/C38H53N5O7/c1-5-7-9-15-25-41(29(4)36(45)39-24-8-6-2)33(44)19-14-11-16-26-42-28(3)34(37(46)50-27-30-17-12-10-13-18-30)35(40-38(42)47)31-20-22-32(23-21-31)43(48)49/h10,12-13,17-18,20-23,29,35H,5-9,11,14-16,19,24-27H2,1-4H3,(H,39,45)(H,40,47). The van der Waals surface area contributed by atoms with Gasteiger partial charge in [-0.1, -0.05) is 76.3 Å². The van der Waals surface area contributed by atoms with E-state index in [9.17, 15) is 29.3 Å². The Morgan fingerprint density at radius 3 is 2.30 bits per heavy atom. The number of nitrogens with one attached hydrogen (secondary N) is 2. The lowest BCUT2D eigenvalue weighted by molar-refractivity contribution is -0.384. The molecule has 2 N–H and O–H groups in total. The number of benzene rings is 2. The average Bonchev–Trinajstić information content (AvgIpc) is 3.11. The lowest BCUT2D eigenvalue weighted by Crippen LogP contribution is -2.48. The van der Waals surface area contributed by atoms with Gasteiger partial charge in [0.15, 0.2) is 0 Å². The quantitative estimate of drug-likeness (QED) is 0.0622. The van der Waals surface area contributed by atoms with Crippen molar-refractivity contribution >= 4 is 29.5 Å². The van der Waals surface area contributed by atoms with Crippen LogP contribution in [0.25, 0.3) is 0 Å². The molecule has 272 valence electrons. The summed E-state index contributed by atoms with van der Waals surface area (Å²) in [6.45, 7) is 9.17. The van der Waals surface area contributed by atoms with Crippen LogP contribution in [0.15, 0.2) is 65.9 Å². The first-order chi connectivity index (χ1) is 24.1. The number of hydrogen-bond donors (Lipinski definition) is 2. The van der Waals surface area contributed by atoms with Gasteiger partial charge in [-0.3, -0.25) is 24.6 Å². The van der Waals surface area contributed by atoms with Crippen LogP contribution in [0.3, 0.4) is 0 Å². The monoisotopic (exact) mass is 691 g/mol. The molecule has 12 heteroatoms. The maximum atomic E-state index is 13.6. The zero-order valence-corrected chi connectivity index (χ0v) is 29.9. The number of non-ortho nitro benzene ring substituents is 1. The van der Waals surface area contributed by atoms with Crippen molar-refractivity contribution in [2.45, 2.75) is 111 Å². The summed E-state index contributed by atoms with van der Waals surface area (Å²) in [6, 6.07) is 13.2. The summed E-state index contributed by atoms with van der Waals surface area (Å²) in [7, 11) is 0. The molecule has 0 spiro atoms. The zero-order valence-electron chi connectivity index (χ0n) is 29.9. The highest BCUT2D eigenvalue weighted by molar-refractivity contribution is 5.95. The Hall–Kier alpha value is -4.74. The molecule has 3 rings (SSSR count). The summed E-state index contributed by atoms with van der Waals surface area (Å²) in [6.07, 6.45) is 7.99. The minimum Gasteiger partial charge on any atom is -0.457 e. The summed E-state index contributed by atoms with van der Waals surface area (Å²) >= 11 is 0. The van der Waals surface area contributed by atoms with E-state index >= 15 is 0 Å². The van der Waals surface area contributed by atoms with Crippen molar-refractivity contribution in [2.75, 3.05) is 19.6 Å². The fourth-order valence-corrected chi connectivity index (χ4v) is 5.94. The van der Waals surface area contributed by atoms with Gasteiger partial charge in [0, 0.05) is 43.9 Å². The zero-order chi connectivity index (χ0) is 36.5. The van der Waals surface area contributed by atoms with Crippen LogP contribution in [0.1, 0.15) is 109 Å². The number of hydrogen-bond acceptors (Lipinski definition) is 7. The molecule has 2 atom stereocenters. The van der Waals surface area contributed by atoms with Gasteiger partial charge in [-0.2, -0.15) is 0 Å². The number of allylic oxidation sites excluding steroid dienone is 1. The highest BCUT2D eigenvalue weighted by atomic mass is 16.6. The van der Waals surface area contributed by atoms with E-state index in [0.29, 0.717) is 56.6 Å². The fourth-order valence-electron chi connectivity index (χ4n) is 5.94. The molecule has 0 aliphatic carbocycles. The van der Waals surface area contributed by atoms with Crippen LogP contribution >= 0.6 is 0 Å². The average molecular weight is 692 g/mol. The van der Waals surface area contributed by atoms with E-state index in [1.165, 1.54) is 29.2 Å². The summed E-state index contributed by atoms with van der Waals surface area (Å²) < 4.78 is 5.68. The number of nitro groups is 1. The van der Waals surface area contributed by atoms with Gasteiger partial charge in [0.05, 0.1) is 16.5 Å². The SMILES string of the molecule is CCCCCCN(C(=O)CCCCCN1C(=O)NC(c2ccc([N+](=O)[O-])cc2)C(C(=O)OCc2ccccc2)=C1C)C(C)C(=O)NCCCC. The van der Waals surface area contributed by atoms with Crippen LogP contribution in [-0.2, 0) is 25.7 Å². The number of nitrogens with zero attached hydrogens (tertiary/aromatic N) is 3. The minimum absolute atomic E-state index is 0.0417. The lowest BCUT2D eigenvalue weighted by atomic mass is 9.94. The number of esters is 1. The number of carbonyl (C=O) groups excluding carboxylic acids is 4. The van der Waals surface area contributed by atoms with Gasteiger partial charge in [0.1, 0.15) is 12.6 Å². The number of carbonyl (C=O) groups is 4. The van der Waals surface area contributed by atoms with Crippen LogP contribution in [0.4, 0.5) is 10.5 Å². The van der Waals surface area contributed by atoms with Crippen molar-refractivity contribution < 1.29 is 28.8 Å². The molecule has 0 saturated carbocycles. The molecule has 2 aromatic rings. The van der Waals surface area contributed by atoms with Gasteiger partial charge in [-0.25, -0.2) is 9.59 Å². The number of urea groups is 1. The number of nitro benzene ring substituents is 1. The van der Waals surface area contributed by atoms with Gasteiger partial charge < -0.3 is 20.3 Å². The first kappa shape index (κ1) is 39.7. The van der Waals surface area contributed by atoms with E-state index in [0.717, 1.165) is 44.1 Å². The third-order valence-electron chi connectivity index (χ3n) is 8.99. The number of unbranched alkanes of at least 4 members (excludes halogenated alkanes) is 6. The molecule has 4 amide bonds. The van der Waals surface area contributed by atoms with Crippen molar-refractivity contribution in [1.29, 1.82) is 0 Å². The Balaban J connectivity index is 1.67. The maximum Gasteiger partial charge on any atom is 0.338 e. The molecular weight excluding hydrogens is 638 g/mol. The Morgan fingerprint density at radius 2 is 1.64 bits per heavy atom. The van der Waals surface area contributed by atoms with Crippen molar-refractivity contribution in [1.82, 2.24) is 20.4 Å². The maximum absolute atomic E-state index is 13.6. The summed E-state index contributed by atoms with van der Waals surface area (Å²) in [5.74, 6) is -0.788. The molecule has 1 aliphatic rings. The fraction of sp³-hybridized carbons (Fsp3) is 0.526. The summed E-state index contributed by atoms with van der Waals surface area (Å²) in [4.78, 5) is 67.0. The topological polar surface area (TPSA) is 151 Å². The van der Waals surface area contributed by atoms with Crippen LogP contribution in [-0.4, -0.2) is 64.2 Å². The van der Waals surface area contributed by atoms with Gasteiger partial charge in [0.25, 0.3) is 5.69 Å². The highest BCUT2D eigenvalue weighted by Crippen LogP contribution is 2.32. The van der Waals surface area contributed by atoms with Crippen LogP contribution in [0.2, 0.25) is 0 Å². The van der Waals surface area contributed by atoms with Gasteiger partial charge in [0.2, 0.25) is 11.8 Å². The predicted octanol–water partition coefficient (Wildman–Crippen LogP) is 6.95. The third kappa shape index (κ3) is 11.7. The first-order valence-electron chi connectivity index (χ1n) is 17.9. The van der Waals surface area contributed by atoms with Crippen molar-refractivity contribution in [3.8, 4) is 0 Å². The molecule has 12 nitrogen and oxygen atoms in total. The second-order valence-electron chi connectivity index (χ2n) is 12.7. The first-order valence-corrected chi connectivity index (χ1v) is 17.9. The van der Waals surface area contributed by atoms with Crippen LogP contribution in [0, 0.1) is 10.1 Å². The normalized spacial score (nSPS) is 14.9. The molecule has 0 radical (unpaired) electrons. The van der Waals surface area contributed by atoms with E-state index < -0.39 is 29.0 Å². The van der Waals surface area contributed by atoms with Crippen LogP contribution in [0.5, 0.6) is 0 Å². The van der Waals surface area contributed by atoms with E-state index in [2.05, 4.69) is 24.5 Å². The molecule has 0 fully saturated rings. The molecule has 2 aromatic carbocycles. The molecular formula is C38H53N5O7. The molecule has 0 bridgehead atoms. The Labute approximate surface area is 295 Å². The van der Waals surface area contributed by atoms with Crippen molar-refractivity contribution in [3.05, 3.63) is 87.1 Å². The van der Waals surface area contributed by atoms with E-state index in [4.69, 9.17) is 4.74 Å². The largest absolute Gasteiger partial charge is 0.457 e. The molecule has 50 heavy (non-hydrogen) atoms. The molecule has 2 unspecified atom stereocenters. The molecule has 0 aromatic heterocycles. The van der Waals surface area contributed by atoms with E-state index in [1.54, 1.807) is 18.7 Å². The second-order valence-corrected chi connectivity index (χ2v) is 12.7. The summed E-state index contributed by atoms with van der Waals surface area (Å²) in [5.41, 5.74) is 1.90. The number of ether oxygens (including phenoxy) is 1. The Kier molecular flexibility index (Phi) is 16.4. The second kappa shape index (κ2) is 20.7. The van der Waals surface area contributed by atoms with Gasteiger partial charge in [-0.15, -0.1) is 0 Å². The summed E-state index contributed by atoms with van der Waals surface area (Å²) in [5, 5.41) is 17.1. The van der Waals surface area contributed by atoms with E-state index in [-0.39, 0.29) is 29.7 Å². The molecule has 0 saturated heterocycles. The van der Waals surface area contributed by atoms with Crippen molar-refractivity contribution in [3.63, 3.8) is 0 Å². The Bertz CT molecular complexity index is 1460. The van der Waals surface area contributed by atoms with Crippen molar-refractivity contribution in [2.24, 2.45) is 0 Å². The lowest BCUT2D eigenvalue weighted by Gasteiger charge is -2.35. The Morgan fingerprint density at radius 1 is 0.960 bits per heavy atom. The molecule has 1 aliphatic heterocycles.